The minimum atomic E-state index is -1.67. The number of benzene rings is 3. The van der Waals surface area contributed by atoms with E-state index in [1.165, 1.54) is 7.11 Å². The summed E-state index contributed by atoms with van der Waals surface area (Å²) in [5.41, 5.74) is 3.52. The van der Waals surface area contributed by atoms with Gasteiger partial charge in [0.25, 0.3) is 0 Å². The highest BCUT2D eigenvalue weighted by molar-refractivity contribution is 5.92. The molecular formula is C32H36N2O7. The summed E-state index contributed by atoms with van der Waals surface area (Å²) < 4.78 is 16.7. The highest BCUT2D eigenvalue weighted by Gasteiger charge is 2.42. The quantitative estimate of drug-likeness (QED) is 0.281. The van der Waals surface area contributed by atoms with Crippen molar-refractivity contribution in [1.82, 2.24) is 10.6 Å². The molecule has 3 aromatic carbocycles. The van der Waals surface area contributed by atoms with E-state index < -0.39 is 35.7 Å². The normalized spacial score (nSPS) is 15.1. The van der Waals surface area contributed by atoms with Crippen molar-refractivity contribution >= 4 is 18.0 Å². The molecule has 0 spiro atoms. The average Bonchev–Trinajstić information content (AvgIpc) is 3.31. The molecule has 3 aromatic rings. The molecule has 9 heteroatoms. The van der Waals surface area contributed by atoms with Crippen LogP contribution < -0.4 is 10.6 Å². The van der Waals surface area contributed by atoms with Crippen molar-refractivity contribution in [1.29, 1.82) is 0 Å². The molecule has 4 rings (SSSR count). The first-order valence-electron chi connectivity index (χ1n) is 13.6. The van der Waals surface area contributed by atoms with E-state index >= 15 is 0 Å². The van der Waals surface area contributed by atoms with Gasteiger partial charge in [-0.1, -0.05) is 85.8 Å². The van der Waals surface area contributed by atoms with E-state index in [0.29, 0.717) is 0 Å². The average molecular weight is 561 g/mol. The molecule has 3 N–H and O–H groups in total. The molecule has 9 nitrogen and oxygen atoms in total. The third-order valence-electron chi connectivity index (χ3n) is 7.49. The number of nitrogens with one attached hydrogen (secondary N) is 2. The van der Waals surface area contributed by atoms with Crippen LogP contribution in [0.15, 0.2) is 78.9 Å². The molecule has 0 bridgehead atoms. The molecule has 0 fully saturated rings. The van der Waals surface area contributed by atoms with Crippen LogP contribution in [0.4, 0.5) is 4.79 Å². The number of ether oxygens (including phenoxy) is 3. The van der Waals surface area contributed by atoms with E-state index in [2.05, 4.69) is 10.6 Å². The Balaban J connectivity index is 1.49. The summed E-state index contributed by atoms with van der Waals surface area (Å²) in [6.45, 7) is 3.28. The summed E-state index contributed by atoms with van der Waals surface area (Å²) in [6.07, 6.45) is -1.56. The van der Waals surface area contributed by atoms with Crippen LogP contribution in [0, 0.1) is 0 Å². The smallest absolute Gasteiger partial charge is 0.407 e. The van der Waals surface area contributed by atoms with Crippen LogP contribution in [-0.4, -0.2) is 61.1 Å². The number of carboxylic acid groups (broad SMARTS) is 1. The predicted molar refractivity (Wildman–Crippen MR) is 153 cm³/mol. The van der Waals surface area contributed by atoms with Crippen molar-refractivity contribution in [2.45, 2.75) is 50.5 Å². The largest absolute Gasteiger partial charge is 0.479 e. The summed E-state index contributed by atoms with van der Waals surface area (Å²) in [5, 5.41) is 15.1. The van der Waals surface area contributed by atoms with Gasteiger partial charge in [0.15, 0.2) is 5.54 Å². The molecule has 1 unspecified atom stereocenters. The topological polar surface area (TPSA) is 123 Å². The molecule has 0 radical (unpaired) electrons. The number of carbonyl (C=O) groups excluding carboxylic acids is 2. The fourth-order valence-corrected chi connectivity index (χ4v) is 5.11. The van der Waals surface area contributed by atoms with Crippen molar-refractivity contribution in [3.63, 3.8) is 0 Å². The molecule has 0 heterocycles. The van der Waals surface area contributed by atoms with Crippen LogP contribution >= 0.6 is 0 Å². The number of rotatable bonds is 13. The summed E-state index contributed by atoms with van der Waals surface area (Å²) in [7, 11) is 1.36. The minimum absolute atomic E-state index is 0.0607. The fourth-order valence-electron chi connectivity index (χ4n) is 5.11. The van der Waals surface area contributed by atoms with Gasteiger partial charge < -0.3 is 30.0 Å². The van der Waals surface area contributed by atoms with Crippen molar-refractivity contribution in [2.75, 3.05) is 20.3 Å². The number of carbonyl (C=O) groups is 3. The lowest BCUT2D eigenvalue weighted by atomic mass is 9.96. The lowest BCUT2D eigenvalue weighted by molar-refractivity contribution is -0.151. The summed E-state index contributed by atoms with van der Waals surface area (Å²) >= 11 is 0. The SMILES string of the molecule is CCC(COC)(NC(=O)[C@H](NC(=O)OCC1c2ccccc2-c2ccccc21)[C@H](C)OCc1ccccc1)C(=O)O. The van der Waals surface area contributed by atoms with Gasteiger partial charge in [-0.25, -0.2) is 9.59 Å². The van der Waals surface area contributed by atoms with Gasteiger partial charge in [-0.3, -0.25) is 4.79 Å². The molecule has 2 amide bonds. The summed E-state index contributed by atoms with van der Waals surface area (Å²) in [5.74, 6) is -2.12. The van der Waals surface area contributed by atoms with E-state index in [0.717, 1.165) is 27.8 Å². The predicted octanol–water partition coefficient (Wildman–Crippen LogP) is 4.50. The van der Waals surface area contributed by atoms with Crippen LogP contribution in [-0.2, 0) is 30.4 Å². The molecule has 0 aliphatic heterocycles. The lowest BCUT2D eigenvalue weighted by Crippen LogP contribution is -2.63. The Kier molecular flexibility index (Phi) is 9.75. The zero-order valence-electron chi connectivity index (χ0n) is 23.5. The molecule has 0 saturated heterocycles. The number of carboxylic acids is 1. The molecule has 1 aliphatic rings. The van der Waals surface area contributed by atoms with E-state index in [1.807, 2.05) is 78.9 Å². The number of aliphatic carboxylic acids is 1. The number of alkyl carbamates (subject to hydrolysis) is 1. The van der Waals surface area contributed by atoms with Gasteiger partial charge >= 0.3 is 12.1 Å². The number of amides is 2. The van der Waals surface area contributed by atoms with Crippen LogP contribution in [0.5, 0.6) is 0 Å². The molecule has 1 aliphatic carbocycles. The Morgan fingerprint density at radius 3 is 2.07 bits per heavy atom. The van der Waals surface area contributed by atoms with Crippen LogP contribution in [0.2, 0.25) is 0 Å². The monoisotopic (exact) mass is 560 g/mol. The standard InChI is InChI=1S/C32H36N2O7/c1-4-32(20-39-3,30(36)37)34-29(35)28(21(2)40-18-22-12-6-5-7-13-22)33-31(38)41-19-27-25-16-10-8-14-23(25)24-15-9-11-17-26(24)27/h5-17,21,27-28H,4,18-20H2,1-3H3,(H,33,38)(H,34,35)(H,36,37)/t21-,28+,32?/m0/s1. The zero-order valence-corrected chi connectivity index (χ0v) is 23.5. The number of fused-ring (bicyclic) bond motifs is 3. The maximum absolute atomic E-state index is 13.5. The first kappa shape index (κ1) is 29.8. The summed E-state index contributed by atoms with van der Waals surface area (Å²) in [6, 6.07) is 24.1. The van der Waals surface area contributed by atoms with Crippen molar-refractivity contribution in [2.24, 2.45) is 0 Å². The number of methoxy groups -OCH3 is 1. The van der Waals surface area contributed by atoms with E-state index in [9.17, 15) is 19.5 Å². The molecule has 41 heavy (non-hydrogen) atoms. The Labute approximate surface area is 239 Å². The van der Waals surface area contributed by atoms with E-state index in [4.69, 9.17) is 14.2 Å². The number of hydrogen-bond donors (Lipinski definition) is 3. The Hall–Kier alpha value is -4.21. The third kappa shape index (κ3) is 6.75. The zero-order chi connectivity index (χ0) is 29.4. The fraction of sp³-hybridized carbons (Fsp3) is 0.344. The first-order chi connectivity index (χ1) is 19.8. The van der Waals surface area contributed by atoms with E-state index in [-0.39, 0.29) is 32.2 Å². The van der Waals surface area contributed by atoms with Crippen molar-refractivity contribution in [3.05, 3.63) is 95.6 Å². The highest BCUT2D eigenvalue weighted by Crippen LogP contribution is 2.44. The van der Waals surface area contributed by atoms with Crippen LogP contribution in [0.25, 0.3) is 11.1 Å². The first-order valence-corrected chi connectivity index (χ1v) is 13.6. The van der Waals surface area contributed by atoms with Gasteiger partial charge in [0.1, 0.15) is 12.6 Å². The second-order valence-corrected chi connectivity index (χ2v) is 10.1. The number of hydrogen-bond acceptors (Lipinski definition) is 6. The second-order valence-electron chi connectivity index (χ2n) is 10.1. The minimum Gasteiger partial charge on any atom is -0.479 e. The Morgan fingerprint density at radius 2 is 1.51 bits per heavy atom. The van der Waals surface area contributed by atoms with Crippen LogP contribution in [0.3, 0.4) is 0 Å². The maximum Gasteiger partial charge on any atom is 0.407 e. The summed E-state index contributed by atoms with van der Waals surface area (Å²) in [4.78, 5) is 38.7. The third-order valence-corrected chi connectivity index (χ3v) is 7.49. The Bertz CT molecular complexity index is 1320. The van der Waals surface area contributed by atoms with Crippen molar-refractivity contribution in [3.8, 4) is 11.1 Å². The van der Waals surface area contributed by atoms with Gasteiger partial charge in [-0.2, -0.15) is 0 Å². The van der Waals surface area contributed by atoms with E-state index in [1.54, 1.807) is 13.8 Å². The van der Waals surface area contributed by atoms with Gasteiger partial charge in [0.05, 0.1) is 19.3 Å². The molecular weight excluding hydrogens is 524 g/mol. The van der Waals surface area contributed by atoms with Gasteiger partial charge in [-0.15, -0.1) is 0 Å². The highest BCUT2D eigenvalue weighted by atomic mass is 16.5. The molecule has 216 valence electrons. The molecule has 0 aromatic heterocycles. The van der Waals surface area contributed by atoms with Crippen LogP contribution in [0.1, 0.15) is 42.9 Å². The van der Waals surface area contributed by atoms with Gasteiger partial charge in [-0.05, 0) is 41.2 Å². The molecule has 0 saturated carbocycles. The maximum atomic E-state index is 13.5. The molecule has 3 atom stereocenters. The van der Waals surface area contributed by atoms with Crippen molar-refractivity contribution < 1.29 is 33.7 Å². The Morgan fingerprint density at radius 1 is 0.927 bits per heavy atom. The lowest BCUT2D eigenvalue weighted by Gasteiger charge is -2.32. The van der Waals surface area contributed by atoms with Gasteiger partial charge in [0.2, 0.25) is 5.91 Å². The van der Waals surface area contributed by atoms with Gasteiger partial charge in [0, 0.05) is 13.0 Å². The second kappa shape index (κ2) is 13.4.